The van der Waals surface area contributed by atoms with E-state index in [2.05, 4.69) is 0 Å². The standard InChI is InChI=1S/C12H12BFN2O2/c1-6-9(14)3-2-7-4-10(16)8(5-15)12(11(6)7)13(17)18/h2-5,15,17-18H,16H2,1H3. The molecular weight excluding hydrogens is 234 g/mol. The van der Waals surface area contributed by atoms with E-state index in [1.54, 1.807) is 13.0 Å². The highest BCUT2D eigenvalue weighted by Gasteiger charge is 2.22. The van der Waals surface area contributed by atoms with Gasteiger partial charge in [-0.25, -0.2) is 4.39 Å². The Balaban J connectivity index is 3.04. The number of hydrogen-bond acceptors (Lipinski definition) is 4. The van der Waals surface area contributed by atoms with Gasteiger partial charge < -0.3 is 21.2 Å². The SMILES string of the molecule is Cc1c(F)ccc2cc(N)c(C=N)c(B(O)O)c12. The number of anilines is 1. The summed E-state index contributed by atoms with van der Waals surface area (Å²) in [4.78, 5) is 0. The fourth-order valence-electron chi connectivity index (χ4n) is 2.15. The number of rotatable bonds is 2. The topological polar surface area (TPSA) is 90.3 Å². The van der Waals surface area contributed by atoms with E-state index in [0.29, 0.717) is 16.3 Å². The number of nitrogen functional groups attached to an aromatic ring is 1. The second kappa shape index (κ2) is 4.40. The predicted octanol–water partition coefficient (Wildman–Crippen LogP) is 0.547. The molecule has 2 aromatic rings. The van der Waals surface area contributed by atoms with Crippen LogP contribution < -0.4 is 11.2 Å². The van der Waals surface area contributed by atoms with Crippen LogP contribution in [0.15, 0.2) is 18.2 Å². The van der Waals surface area contributed by atoms with Gasteiger partial charge in [0.05, 0.1) is 0 Å². The number of hydrogen-bond donors (Lipinski definition) is 4. The van der Waals surface area contributed by atoms with Crippen molar-refractivity contribution < 1.29 is 14.4 Å². The summed E-state index contributed by atoms with van der Waals surface area (Å²) in [6.07, 6.45) is 0.938. The molecule has 0 heterocycles. The van der Waals surface area contributed by atoms with Gasteiger partial charge in [-0.15, -0.1) is 0 Å². The molecule has 0 fully saturated rings. The van der Waals surface area contributed by atoms with Gasteiger partial charge in [-0.05, 0) is 35.4 Å². The van der Waals surface area contributed by atoms with Crippen molar-refractivity contribution in [1.29, 1.82) is 5.41 Å². The zero-order chi connectivity index (χ0) is 13.4. The first-order chi connectivity index (χ1) is 8.47. The average Bonchev–Trinajstić information content (AvgIpc) is 2.32. The summed E-state index contributed by atoms with van der Waals surface area (Å²) >= 11 is 0. The normalized spacial score (nSPS) is 10.7. The first-order valence-corrected chi connectivity index (χ1v) is 5.35. The molecule has 0 saturated heterocycles. The van der Waals surface area contributed by atoms with Crippen LogP contribution >= 0.6 is 0 Å². The van der Waals surface area contributed by atoms with Crippen molar-refractivity contribution in [3.63, 3.8) is 0 Å². The molecule has 5 N–H and O–H groups in total. The average molecular weight is 246 g/mol. The Morgan fingerprint density at radius 2 is 2.06 bits per heavy atom. The van der Waals surface area contributed by atoms with Crippen LogP contribution in [0.4, 0.5) is 10.1 Å². The summed E-state index contributed by atoms with van der Waals surface area (Å²) in [6.45, 7) is 1.55. The van der Waals surface area contributed by atoms with Crippen molar-refractivity contribution >= 4 is 35.3 Å². The van der Waals surface area contributed by atoms with Crippen LogP contribution in [0.3, 0.4) is 0 Å². The number of benzene rings is 2. The zero-order valence-electron chi connectivity index (χ0n) is 9.74. The molecule has 4 nitrogen and oxygen atoms in total. The molecule has 6 heteroatoms. The molecule has 92 valence electrons. The highest BCUT2D eigenvalue weighted by Crippen LogP contribution is 2.24. The van der Waals surface area contributed by atoms with Gasteiger partial charge in [0.25, 0.3) is 0 Å². The maximum Gasteiger partial charge on any atom is 0.489 e. The van der Waals surface area contributed by atoms with Crippen LogP contribution in [0, 0.1) is 18.2 Å². The monoisotopic (exact) mass is 246 g/mol. The lowest BCUT2D eigenvalue weighted by molar-refractivity contribution is 0.426. The fourth-order valence-corrected chi connectivity index (χ4v) is 2.15. The number of nitrogens with one attached hydrogen (secondary N) is 1. The Hall–Kier alpha value is -1.92. The molecule has 0 aromatic heterocycles. The Morgan fingerprint density at radius 1 is 1.39 bits per heavy atom. The molecule has 0 unspecified atom stereocenters. The van der Waals surface area contributed by atoms with Gasteiger partial charge in [0.2, 0.25) is 0 Å². The van der Waals surface area contributed by atoms with Crippen molar-refractivity contribution in [3.05, 3.63) is 35.1 Å². The minimum absolute atomic E-state index is 0.0667. The van der Waals surface area contributed by atoms with E-state index in [1.807, 2.05) is 0 Å². The second-order valence-corrected chi connectivity index (χ2v) is 4.08. The maximum absolute atomic E-state index is 13.6. The van der Waals surface area contributed by atoms with Gasteiger partial charge in [-0.2, -0.15) is 0 Å². The first kappa shape index (κ1) is 12.5. The Kier molecular flexibility index (Phi) is 3.06. The molecule has 0 aliphatic heterocycles. The van der Waals surface area contributed by atoms with Crippen LogP contribution in [0.1, 0.15) is 11.1 Å². The fraction of sp³-hybridized carbons (Fsp3) is 0.0833. The van der Waals surface area contributed by atoms with Crippen molar-refractivity contribution in [2.24, 2.45) is 0 Å². The van der Waals surface area contributed by atoms with Crippen LogP contribution in [0.5, 0.6) is 0 Å². The number of halogens is 1. The predicted molar refractivity (Wildman–Crippen MR) is 70.8 cm³/mol. The highest BCUT2D eigenvalue weighted by atomic mass is 19.1. The van der Waals surface area contributed by atoms with E-state index in [9.17, 15) is 14.4 Å². The van der Waals surface area contributed by atoms with Gasteiger partial charge >= 0.3 is 7.12 Å². The number of aryl methyl sites for hydroxylation is 1. The summed E-state index contributed by atoms with van der Waals surface area (Å²) in [6, 6.07) is 4.41. The second-order valence-electron chi connectivity index (χ2n) is 4.08. The number of nitrogens with two attached hydrogens (primary N) is 1. The van der Waals surface area contributed by atoms with Gasteiger partial charge in [0.15, 0.2) is 0 Å². The lowest BCUT2D eigenvalue weighted by atomic mass is 9.72. The lowest BCUT2D eigenvalue weighted by Gasteiger charge is -2.14. The Bertz CT molecular complexity index is 644. The summed E-state index contributed by atoms with van der Waals surface area (Å²) in [7, 11) is -1.81. The highest BCUT2D eigenvalue weighted by molar-refractivity contribution is 6.64. The zero-order valence-corrected chi connectivity index (χ0v) is 9.74. The van der Waals surface area contributed by atoms with Gasteiger partial charge in [0, 0.05) is 22.9 Å². The van der Waals surface area contributed by atoms with E-state index >= 15 is 0 Å². The van der Waals surface area contributed by atoms with Gasteiger partial charge in [-0.1, -0.05) is 6.07 Å². The van der Waals surface area contributed by atoms with Crippen LogP contribution in [0.2, 0.25) is 0 Å². The third-order valence-electron chi connectivity index (χ3n) is 3.02. The maximum atomic E-state index is 13.6. The molecule has 0 radical (unpaired) electrons. The molecule has 2 rings (SSSR count). The molecule has 0 spiro atoms. The summed E-state index contributed by atoms with van der Waals surface area (Å²) in [5.74, 6) is -0.440. The van der Waals surface area contributed by atoms with Crippen LogP contribution in [-0.4, -0.2) is 23.4 Å². The molecular formula is C12H12BFN2O2. The minimum atomic E-state index is -1.81. The van der Waals surface area contributed by atoms with E-state index in [0.717, 1.165) is 6.21 Å². The van der Waals surface area contributed by atoms with Crippen molar-refractivity contribution in [3.8, 4) is 0 Å². The van der Waals surface area contributed by atoms with Crippen molar-refractivity contribution in [2.75, 3.05) is 5.73 Å². The molecule has 0 bridgehead atoms. The Labute approximate surface area is 104 Å². The molecule has 18 heavy (non-hydrogen) atoms. The quantitative estimate of drug-likeness (QED) is 0.354. The summed E-state index contributed by atoms with van der Waals surface area (Å²) < 4.78 is 13.6. The van der Waals surface area contributed by atoms with Crippen molar-refractivity contribution in [1.82, 2.24) is 0 Å². The number of fused-ring (bicyclic) bond motifs is 1. The molecule has 0 aliphatic carbocycles. The van der Waals surface area contributed by atoms with E-state index in [4.69, 9.17) is 11.1 Å². The van der Waals surface area contributed by atoms with E-state index in [1.165, 1.54) is 12.1 Å². The molecule has 2 aromatic carbocycles. The lowest BCUT2D eigenvalue weighted by Crippen LogP contribution is -2.35. The van der Waals surface area contributed by atoms with Crippen LogP contribution in [-0.2, 0) is 0 Å². The summed E-state index contributed by atoms with van der Waals surface area (Å²) in [5, 5.41) is 27.2. The van der Waals surface area contributed by atoms with Gasteiger partial charge in [-0.3, -0.25) is 0 Å². The van der Waals surface area contributed by atoms with E-state index < -0.39 is 12.9 Å². The smallest absolute Gasteiger partial charge is 0.423 e. The first-order valence-electron chi connectivity index (χ1n) is 5.35. The Morgan fingerprint density at radius 3 is 2.61 bits per heavy atom. The molecule has 0 aliphatic rings. The molecule has 0 amide bonds. The minimum Gasteiger partial charge on any atom is -0.423 e. The van der Waals surface area contributed by atoms with Crippen molar-refractivity contribution in [2.45, 2.75) is 6.92 Å². The third-order valence-corrected chi connectivity index (χ3v) is 3.02. The summed E-state index contributed by atoms with van der Waals surface area (Å²) in [5.41, 5.74) is 6.58. The molecule has 0 saturated carbocycles. The largest absolute Gasteiger partial charge is 0.489 e. The van der Waals surface area contributed by atoms with Gasteiger partial charge in [0.1, 0.15) is 5.82 Å². The molecule has 0 atom stereocenters. The van der Waals surface area contributed by atoms with Crippen LogP contribution in [0.25, 0.3) is 10.8 Å². The van der Waals surface area contributed by atoms with E-state index in [-0.39, 0.29) is 16.7 Å². The third kappa shape index (κ3) is 1.75.